The Morgan fingerprint density at radius 3 is 2.74 bits per heavy atom. The summed E-state index contributed by atoms with van der Waals surface area (Å²) in [6.07, 6.45) is 2.17. The number of aromatic nitrogens is 1. The van der Waals surface area contributed by atoms with Crippen LogP contribution in [-0.4, -0.2) is 18.5 Å². The molecule has 0 atom stereocenters. The second kappa shape index (κ2) is 4.57. The molecule has 1 aromatic carbocycles. The molecule has 0 aliphatic carbocycles. The molecule has 0 amide bonds. The van der Waals surface area contributed by atoms with Crippen LogP contribution in [0.4, 0.5) is 17.1 Å². The molecule has 9 nitrogen and oxygen atoms in total. The van der Waals surface area contributed by atoms with Crippen molar-refractivity contribution in [3.8, 4) is 0 Å². The average molecular weight is 284 g/mol. The maximum Gasteiger partial charge on any atom is 0.290 e. The number of nitrogens with zero attached hydrogens (tertiary/aromatic N) is 2. The van der Waals surface area contributed by atoms with Gasteiger partial charge in [0, 0.05) is 11.8 Å². The second-order valence-corrected chi connectivity index (χ2v) is 5.15. The fourth-order valence-corrected chi connectivity index (χ4v) is 2.59. The molecule has 0 bridgehead atoms. The van der Waals surface area contributed by atoms with E-state index in [1.54, 1.807) is 0 Å². The van der Waals surface area contributed by atoms with E-state index in [0.717, 1.165) is 24.6 Å². The summed E-state index contributed by atoms with van der Waals surface area (Å²) in [5.41, 5.74) is 5.03. The topological polar surface area (TPSA) is 141 Å². The number of anilines is 2. The minimum absolute atomic E-state index is 0.0525. The Bertz CT molecular complexity index is 710. The van der Waals surface area contributed by atoms with Crippen molar-refractivity contribution >= 4 is 27.1 Å². The van der Waals surface area contributed by atoms with Crippen LogP contribution in [0.2, 0.25) is 0 Å². The summed E-state index contributed by atoms with van der Waals surface area (Å²) in [6.45, 7) is 0. The van der Waals surface area contributed by atoms with Crippen molar-refractivity contribution < 1.29 is 17.9 Å². The van der Waals surface area contributed by atoms with Crippen molar-refractivity contribution in [1.82, 2.24) is 5.16 Å². The minimum atomic E-state index is -4.15. The Labute approximate surface area is 107 Å². The molecule has 3 N–H and O–H groups in total. The molecular weight excluding hydrogens is 276 g/mol. The molecule has 2 rings (SSSR count). The molecular formula is C9H8N4O5S. The van der Waals surface area contributed by atoms with E-state index in [1.165, 1.54) is 6.07 Å². The lowest BCUT2D eigenvalue weighted by molar-refractivity contribution is -0.387. The first-order chi connectivity index (χ1) is 8.90. The summed E-state index contributed by atoms with van der Waals surface area (Å²) in [5.74, 6) is 0. The molecule has 1 aromatic heterocycles. The Hall–Kier alpha value is -2.62. The highest BCUT2D eigenvalue weighted by molar-refractivity contribution is 7.92. The Kier molecular flexibility index (Phi) is 3.09. The largest absolute Gasteiger partial charge is 0.399 e. The summed E-state index contributed by atoms with van der Waals surface area (Å²) in [5, 5.41) is 14.1. The smallest absolute Gasteiger partial charge is 0.290 e. The number of rotatable bonds is 4. The van der Waals surface area contributed by atoms with Crippen molar-refractivity contribution in [2.24, 2.45) is 0 Å². The van der Waals surface area contributed by atoms with Crippen LogP contribution in [0, 0.1) is 10.1 Å². The third-order valence-corrected chi connectivity index (χ3v) is 3.57. The summed E-state index contributed by atoms with van der Waals surface area (Å²) in [4.78, 5) is 9.49. The van der Waals surface area contributed by atoms with Crippen LogP contribution in [0.1, 0.15) is 0 Å². The van der Waals surface area contributed by atoms with E-state index in [9.17, 15) is 18.5 Å². The predicted octanol–water partition coefficient (Wildman–Crippen LogP) is 0.966. The van der Waals surface area contributed by atoms with Crippen LogP contribution in [0.5, 0.6) is 0 Å². The second-order valence-electron chi connectivity index (χ2n) is 3.50. The van der Waals surface area contributed by atoms with E-state index in [2.05, 4.69) is 14.4 Å². The Morgan fingerprint density at radius 1 is 1.42 bits per heavy atom. The fraction of sp³-hybridized carbons (Fsp3) is 0. The van der Waals surface area contributed by atoms with Gasteiger partial charge in [0.05, 0.1) is 11.1 Å². The van der Waals surface area contributed by atoms with Gasteiger partial charge in [-0.05, 0) is 12.1 Å². The summed E-state index contributed by atoms with van der Waals surface area (Å²) >= 11 is 0. The third kappa shape index (κ3) is 2.63. The standard InChI is InChI=1S/C9H8N4O5S/c10-6-1-2-8(13(14)15)9(3-6)19(16,17)12-7-4-11-18-5-7/h1-5,12H,10H2. The van der Waals surface area contributed by atoms with Gasteiger partial charge in [0.1, 0.15) is 12.0 Å². The molecule has 0 unspecified atom stereocenters. The molecule has 10 heteroatoms. The Morgan fingerprint density at radius 2 is 2.16 bits per heavy atom. The van der Waals surface area contributed by atoms with Gasteiger partial charge in [-0.2, -0.15) is 0 Å². The van der Waals surface area contributed by atoms with Crippen LogP contribution in [0.3, 0.4) is 0 Å². The maximum atomic E-state index is 12.0. The average Bonchev–Trinajstić information content (AvgIpc) is 2.80. The molecule has 0 saturated carbocycles. The van der Waals surface area contributed by atoms with Crippen LogP contribution in [-0.2, 0) is 10.0 Å². The molecule has 0 spiro atoms. The van der Waals surface area contributed by atoms with E-state index in [0.29, 0.717) is 0 Å². The maximum absolute atomic E-state index is 12.0. The monoisotopic (exact) mass is 284 g/mol. The highest BCUT2D eigenvalue weighted by Crippen LogP contribution is 2.27. The van der Waals surface area contributed by atoms with Crippen molar-refractivity contribution in [3.63, 3.8) is 0 Å². The Balaban J connectivity index is 2.50. The lowest BCUT2D eigenvalue weighted by Crippen LogP contribution is -2.14. The molecule has 2 aromatic rings. The number of hydrogen-bond acceptors (Lipinski definition) is 7. The first-order valence-corrected chi connectivity index (χ1v) is 6.34. The van der Waals surface area contributed by atoms with Crippen LogP contribution < -0.4 is 10.5 Å². The lowest BCUT2D eigenvalue weighted by atomic mass is 10.3. The van der Waals surface area contributed by atoms with E-state index < -0.39 is 25.5 Å². The SMILES string of the molecule is Nc1ccc([N+](=O)[O-])c(S(=O)(=O)Nc2cnoc2)c1. The first kappa shape index (κ1) is 12.8. The number of nitrogens with one attached hydrogen (secondary N) is 1. The van der Waals surface area contributed by atoms with Gasteiger partial charge in [-0.15, -0.1) is 0 Å². The molecule has 19 heavy (non-hydrogen) atoms. The van der Waals surface area contributed by atoms with E-state index >= 15 is 0 Å². The van der Waals surface area contributed by atoms with Gasteiger partial charge in [-0.1, -0.05) is 5.16 Å². The molecule has 0 radical (unpaired) electrons. The fourth-order valence-electron chi connectivity index (χ4n) is 1.36. The molecule has 0 aliphatic rings. The van der Waals surface area contributed by atoms with Gasteiger partial charge in [0.25, 0.3) is 15.7 Å². The first-order valence-electron chi connectivity index (χ1n) is 4.86. The van der Waals surface area contributed by atoms with Crippen molar-refractivity contribution in [1.29, 1.82) is 0 Å². The van der Waals surface area contributed by atoms with Crippen LogP contribution in [0.15, 0.2) is 40.1 Å². The predicted molar refractivity (Wildman–Crippen MR) is 64.8 cm³/mol. The van der Waals surface area contributed by atoms with E-state index in [-0.39, 0.29) is 11.4 Å². The molecule has 100 valence electrons. The summed E-state index contributed by atoms with van der Waals surface area (Å²) < 4.78 is 30.6. The molecule has 0 saturated heterocycles. The molecule has 1 heterocycles. The highest BCUT2D eigenvalue weighted by Gasteiger charge is 2.26. The van der Waals surface area contributed by atoms with Gasteiger partial charge < -0.3 is 10.3 Å². The molecule has 0 fully saturated rings. The zero-order chi connectivity index (χ0) is 14.0. The number of nitro groups is 1. The van der Waals surface area contributed by atoms with Gasteiger partial charge in [-0.3, -0.25) is 14.8 Å². The van der Waals surface area contributed by atoms with E-state index in [4.69, 9.17) is 5.73 Å². The van der Waals surface area contributed by atoms with Crippen LogP contribution in [0.25, 0.3) is 0 Å². The number of nitrogens with two attached hydrogens (primary N) is 1. The number of nitrogen functional groups attached to an aromatic ring is 1. The highest BCUT2D eigenvalue weighted by atomic mass is 32.2. The van der Waals surface area contributed by atoms with Gasteiger partial charge >= 0.3 is 0 Å². The van der Waals surface area contributed by atoms with E-state index in [1.807, 2.05) is 0 Å². The molecule has 0 aliphatic heterocycles. The quantitative estimate of drug-likeness (QED) is 0.483. The number of nitro benzene ring substituents is 1. The zero-order valence-corrected chi connectivity index (χ0v) is 10.1. The lowest BCUT2D eigenvalue weighted by Gasteiger charge is -2.06. The number of hydrogen-bond donors (Lipinski definition) is 2. The van der Waals surface area contributed by atoms with Gasteiger partial charge in [0.15, 0.2) is 4.90 Å². The zero-order valence-electron chi connectivity index (χ0n) is 9.31. The van der Waals surface area contributed by atoms with Crippen molar-refractivity contribution in [2.45, 2.75) is 4.90 Å². The minimum Gasteiger partial charge on any atom is -0.399 e. The van der Waals surface area contributed by atoms with Crippen LogP contribution >= 0.6 is 0 Å². The van der Waals surface area contributed by atoms with Gasteiger partial charge in [0.2, 0.25) is 0 Å². The van der Waals surface area contributed by atoms with Gasteiger partial charge in [-0.25, -0.2) is 8.42 Å². The summed E-state index contributed by atoms with van der Waals surface area (Å²) in [7, 11) is -4.15. The number of benzene rings is 1. The van der Waals surface area contributed by atoms with Crippen molar-refractivity contribution in [2.75, 3.05) is 10.5 Å². The number of sulfonamides is 1. The summed E-state index contributed by atoms with van der Waals surface area (Å²) in [6, 6.07) is 3.28. The van der Waals surface area contributed by atoms with Crippen molar-refractivity contribution in [3.05, 3.63) is 40.8 Å². The normalized spacial score (nSPS) is 11.2. The third-order valence-electron chi connectivity index (χ3n) is 2.15.